The molecule has 24 heavy (non-hydrogen) atoms. The van der Waals surface area contributed by atoms with Gasteiger partial charge in [-0.15, -0.1) is 0 Å². The van der Waals surface area contributed by atoms with Crippen molar-refractivity contribution in [2.24, 2.45) is 0 Å². The zero-order valence-corrected chi connectivity index (χ0v) is 14.7. The average molecular weight is 332 g/mol. The van der Waals surface area contributed by atoms with Crippen LogP contribution in [0.25, 0.3) is 0 Å². The molecule has 1 atom stereocenters. The van der Waals surface area contributed by atoms with E-state index >= 15 is 0 Å². The number of carboxylic acid groups (broad SMARTS) is 1. The quantitative estimate of drug-likeness (QED) is 0.902. The molecule has 1 N–H and O–H groups in total. The Kier molecular flexibility index (Phi) is 5.33. The fourth-order valence-electron chi connectivity index (χ4n) is 4.12. The molecule has 0 radical (unpaired) electrons. The van der Waals surface area contributed by atoms with Crippen LogP contribution in [0.2, 0.25) is 0 Å². The highest BCUT2D eigenvalue weighted by Gasteiger charge is 2.29. The zero-order chi connectivity index (χ0) is 17.1. The first kappa shape index (κ1) is 17.1. The van der Waals surface area contributed by atoms with Crippen LogP contribution in [0.4, 0.5) is 4.79 Å². The summed E-state index contributed by atoms with van der Waals surface area (Å²) in [6.45, 7) is 7.57. The maximum absolute atomic E-state index is 11.1. The Balaban J connectivity index is 1.57. The molecule has 0 aliphatic carbocycles. The van der Waals surface area contributed by atoms with Gasteiger partial charge < -0.3 is 14.9 Å². The molecular weight excluding hydrogens is 304 g/mol. The van der Waals surface area contributed by atoms with E-state index in [9.17, 15) is 4.79 Å². The SMILES string of the molecule is Cc1cnc(C)c(C2CCN(C3CCCN(C(=O)O)CC3)CC2)n1. The van der Waals surface area contributed by atoms with Gasteiger partial charge in [-0.25, -0.2) is 4.79 Å². The second-order valence-electron chi connectivity index (χ2n) is 7.15. The van der Waals surface area contributed by atoms with Crippen molar-refractivity contribution in [3.8, 4) is 0 Å². The molecule has 0 aromatic carbocycles. The zero-order valence-electron chi connectivity index (χ0n) is 14.7. The standard InChI is InChI=1S/C18H28N4O2/c1-13-12-19-14(2)17(20-13)15-5-9-21(10-6-15)16-4-3-8-22(11-7-16)18(23)24/h12,15-16H,3-11H2,1-2H3,(H,23,24). The summed E-state index contributed by atoms with van der Waals surface area (Å²) in [6, 6.07) is 0.528. The third kappa shape index (κ3) is 3.86. The molecule has 2 aliphatic heterocycles. The van der Waals surface area contributed by atoms with E-state index < -0.39 is 6.09 Å². The van der Waals surface area contributed by atoms with Crippen LogP contribution in [-0.4, -0.2) is 63.2 Å². The van der Waals surface area contributed by atoms with Gasteiger partial charge in [0.15, 0.2) is 0 Å². The van der Waals surface area contributed by atoms with Crippen molar-refractivity contribution in [1.29, 1.82) is 0 Å². The summed E-state index contributed by atoms with van der Waals surface area (Å²) in [4.78, 5) is 24.5. The first-order valence-electron chi connectivity index (χ1n) is 9.06. The van der Waals surface area contributed by atoms with Gasteiger partial charge in [-0.2, -0.15) is 0 Å². The summed E-state index contributed by atoms with van der Waals surface area (Å²) in [7, 11) is 0. The number of amides is 1. The highest BCUT2D eigenvalue weighted by Crippen LogP contribution is 2.30. The van der Waals surface area contributed by atoms with E-state index in [1.807, 2.05) is 13.1 Å². The van der Waals surface area contributed by atoms with Gasteiger partial charge in [0.1, 0.15) is 0 Å². The van der Waals surface area contributed by atoms with Crippen molar-refractivity contribution in [3.63, 3.8) is 0 Å². The van der Waals surface area contributed by atoms with E-state index in [0.717, 1.165) is 56.6 Å². The number of aryl methyl sites for hydroxylation is 2. The van der Waals surface area contributed by atoms with E-state index in [4.69, 9.17) is 10.1 Å². The largest absolute Gasteiger partial charge is 0.465 e. The Morgan fingerprint density at radius 3 is 2.58 bits per heavy atom. The normalized spacial score (nSPS) is 23.9. The summed E-state index contributed by atoms with van der Waals surface area (Å²) in [5.41, 5.74) is 3.23. The van der Waals surface area contributed by atoms with Crippen LogP contribution in [0.3, 0.4) is 0 Å². The monoisotopic (exact) mass is 332 g/mol. The van der Waals surface area contributed by atoms with Crippen molar-refractivity contribution >= 4 is 6.09 Å². The minimum Gasteiger partial charge on any atom is -0.465 e. The van der Waals surface area contributed by atoms with Crippen LogP contribution in [0.1, 0.15) is 55.1 Å². The van der Waals surface area contributed by atoms with Crippen LogP contribution in [0.15, 0.2) is 6.20 Å². The molecule has 1 aromatic heterocycles. The van der Waals surface area contributed by atoms with Crippen LogP contribution in [-0.2, 0) is 0 Å². The minimum atomic E-state index is -0.775. The van der Waals surface area contributed by atoms with Gasteiger partial charge in [0.2, 0.25) is 0 Å². The Hall–Kier alpha value is -1.69. The van der Waals surface area contributed by atoms with E-state index in [1.165, 1.54) is 5.69 Å². The molecule has 2 fully saturated rings. The van der Waals surface area contributed by atoms with E-state index in [0.29, 0.717) is 25.0 Å². The third-order valence-corrected chi connectivity index (χ3v) is 5.51. The first-order valence-corrected chi connectivity index (χ1v) is 9.06. The molecule has 6 nitrogen and oxygen atoms in total. The number of hydrogen-bond acceptors (Lipinski definition) is 4. The predicted molar refractivity (Wildman–Crippen MR) is 92.3 cm³/mol. The van der Waals surface area contributed by atoms with Gasteiger partial charge in [0.25, 0.3) is 0 Å². The topological polar surface area (TPSA) is 69.6 Å². The fraction of sp³-hybridized carbons (Fsp3) is 0.722. The smallest absolute Gasteiger partial charge is 0.407 e. The summed E-state index contributed by atoms with van der Waals surface area (Å²) in [5.74, 6) is 0.509. The molecule has 2 aliphatic rings. The number of piperidine rings is 1. The minimum absolute atomic E-state index is 0.509. The van der Waals surface area contributed by atoms with Crippen molar-refractivity contribution in [2.75, 3.05) is 26.2 Å². The van der Waals surface area contributed by atoms with E-state index in [1.54, 1.807) is 4.90 Å². The number of hydrogen-bond donors (Lipinski definition) is 1. The fourth-order valence-corrected chi connectivity index (χ4v) is 4.12. The Labute approximate surface area is 143 Å². The Morgan fingerprint density at radius 2 is 1.88 bits per heavy atom. The van der Waals surface area contributed by atoms with Gasteiger partial charge in [0.05, 0.1) is 17.1 Å². The lowest BCUT2D eigenvalue weighted by atomic mass is 9.90. The molecular formula is C18H28N4O2. The average Bonchev–Trinajstić information content (AvgIpc) is 2.83. The summed E-state index contributed by atoms with van der Waals surface area (Å²) < 4.78 is 0. The third-order valence-electron chi connectivity index (χ3n) is 5.51. The lowest BCUT2D eigenvalue weighted by molar-refractivity contribution is 0.131. The van der Waals surface area contributed by atoms with Crippen LogP contribution < -0.4 is 0 Å². The Morgan fingerprint density at radius 1 is 1.12 bits per heavy atom. The number of aromatic nitrogens is 2. The number of likely N-dealkylation sites (tertiary alicyclic amines) is 2. The molecule has 1 aromatic rings. The highest BCUT2D eigenvalue weighted by molar-refractivity contribution is 5.64. The van der Waals surface area contributed by atoms with Crippen molar-refractivity contribution in [3.05, 3.63) is 23.3 Å². The van der Waals surface area contributed by atoms with Gasteiger partial charge in [-0.1, -0.05) is 0 Å². The van der Waals surface area contributed by atoms with E-state index in [2.05, 4.69) is 16.8 Å². The van der Waals surface area contributed by atoms with Crippen LogP contribution >= 0.6 is 0 Å². The second kappa shape index (κ2) is 7.47. The molecule has 2 saturated heterocycles. The molecule has 3 heterocycles. The summed E-state index contributed by atoms with van der Waals surface area (Å²) in [5, 5.41) is 9.17. The van der Waals surface area contributed by atoms with Crippen LogP contribution in [0.5, 0.6) is 0 Å². The lowest BCUT2D eigenvalue weighted by Crippen LogP contribution is -2.42. The molecule has 0 saturated carbocycles. The maximum atomic E-state index is 11.1. The van der Waals surface area contributed by atoms with Gasteiger partial charge in [-0.3, -0.25) is 9.97 Å². The molecule has 0 bridgehead atoms. The summed E-state index contributed by atoms with van der Waals surface area (Å²) >= 11 is 0. The van der Waals surface area contributed by atoms with Gasteiger partial charge in [0, 0.05) is 31.2 Å². The lowest BCUT2D eigenvalue weighted by Gasteiger charge is -2.37. The summed E-state index contributed by atoms with van der Waals surface area (Å²) in [6.07, 6.45) is 6.35. The van der Waals surface area contributed by atoms with Crippen molar-refractivity contribution < 1.29 is 9.90 Å². The van der Waals surface area contributed by atoms with Crippen LogP contribution in [0, 0.1) is 13.8 Å². The van der Waals surface area contributed by atoms with E-state index in [-0.39, 0.29) is 0 Å². The first-order chi connectivity index (χ1) is 11.5. The second-order valence-corrected chi connectivity index (χ2v) is 7.15. The van der Waals surface area contributed by atoms with Gasteiger partial charge >= 0.3 is 6.09 Å². The molecule has 0 spiro atoms. The molecule has 1 unspecified atom stereocenters. The molecule has 3 rings (SSSR count). The number of rotatable bonds is 2. The number of nitrogens with zero attached hydrogens (tertiary/aromatic N) is 4. The van der Waals surface area contributed by atoms with Crippen molar-refractivity contribution in [2.45, 2.75) is 57.9 Å². The molecule has 1 amide bonds. The predicted octanol–water partition coefficient (Wildman–Crippen LogP) is 2.81. The van der Waals surface area contributed by atoms with Crippen molar-refractivity contribution in [1.82, 2.24) is 19.8 Å². The maximum Gasteiger partial charge on any atom is 0.407 e. The molecule has 6 heteroatoms. The van der Waals surface area contributed by atoms with Gasteiger partial charge in [-0.05, 0) is 59.0 Å². The molecule has 132 valence electrons. The Bertz CT molecular complexity index is 584. The highest BCUT2D eigenvalue weighted by atomic mass is 16.4. The number of carbonyl (C=O) groups is 1.